The van der Waals surface area contributed by atoms with Gasteiger partial charge in [-0.05, 0) is 39.0 Å². The molecule has 19 heavy (non-hydrogen) atoms. The molecule has 0 aliphatic heterocycles. The van der Waals surface area contributed by atoms with E-state index in [1.54, 1.807) is 20.8 Å². The Bertz CT molecular complexity index is 526. The number of carbonyl (C=O) groups excluding carboxylic acids is 1. The number of rotatable bonds is 1. The number of amides is 1. The van der Waals surface area contributed by atoms with Crippen LogP contribution >= 0.6 is 11.6 Å². The maximum atomic E-state index is 13.0. The molecule has 0 unspecified atom stereocenters. The van der Waals surface area contributed by atoms with Crippen molar-refractivity contribution < 1.29 is 13.9 Å². The fourth-order valence-corrected chi connectivity index (χ4v) is 1.33. The van der Waals surface area contributed by atoms with Crippen LogP contribution in [0.25, 0.3) is 0 Å². The first-order chi connectivity index (χ1) is 8.78. The molecule has 102 valence electrons. The Labute approximate surface area is 117 Å². The van der Waals surface area contributed by atoms with E-state index < -0.39 is 17.5 Å². The summed E-state index contributed by atoms with van der Waals surface area (Å²) in [6.45, 7) is 5.40. The van der Waals surface area contributed by atoms with Crippen LogP contribution in [-0.2, 0) is 4.74 Å². The van der Waals surface area contributed by atoms with Crippen molar-refractivity contribution in [2.75, 3.05) is 6.54 Å². The lowest BCUT2D eigenvalue weighted by molar-refractivity contribution is 0.0535. The Morgan fingerprint density at radius 2 is 2.16 bits per heavy atom. The Morgan fingerprint density at radius 1 is 1.47 bits per heavy atom. The van der Waals surface area contributed by atoms with Gasteiger partial charge in [0, 0.05) is 5.56 Å². The highest BCUT2D eigenvalue weighted by atomic mass is 35.5. The summed E-state index contributed by atoms with van der Waals surface area (Å²) < 4.78 is 18.0. The Balaban J connectivity index is 2.52. The van der Waals surface area contributed by atoms with E-state index in [1.807, 2.05) is 0 Å². The second kappa shape index (κ2) is 6.44. The largest absolute Gasteiger partial charge is 0.444 e. The maximum Gasteiger partial charge on any atom is 0.408 e. The summed E-state index contributed by atoms with van der Waals surface area (Å²) in [4.78, 5) is 11.3. The molecule has 1 aromatic rings. The highest BCUT2D eigenvalue weighted by molar-refractivity contribution is 6.31. The van der Waals surface area contributed by atoms with Gasteiger partial charge < -0.3 is 10.1 Å². The highest BCUT2D eigenvalue weighted by Crippen LogP contribution is 2.15. The Kier molecular flexibility index (Phi) is 5.20. The van der Waals surface area contributed by atoms with Crippen LogP contribution < -0.4 is 5.32 Å². The summed E-state index contributed by atoms with van der Waals surface area (Å²) in [6.07, 6.45) is -0.549. The molecule has 3 nitrogen and oxygen atoms in total. The normalized spacial score (nSPS) is 10.4. The predicted octanol–water partition coefficient (Wildman–Crippen LogP) is 3.36. The number of nitrogens with one attached hydrogen (secondary N) is 1. The van der Waals surface area contributed by atoms with Crippen molar-refractivity contribution in [3.05, 3.63) is 34.6 Å². The standard InChI is InChI=1S/C14H15ClFNO2/c1-14(2,3)19-13(18)17-8-4-5-10-9-11(16)6-7-12(10)15/h6-7,9H,8H2,1-3H3,(H,17,18). The molecule has 0 aliphatic carbocycles. The van der Waals surface area contributed by atoms with Gasteiger partial charge in [0.2, 0.25) is 0 Å². The van der Waals surface area contributed by atoms with Gasteiger partial charge in [0.25, 0.3) is 0 Å². The van der Waals surface area contributed by atoms with Crippen molar-refractivity contribution in [3.63, 3.8) is 0 Å². The van der Waals surface area contributed by atoms with Crippen LogP contribution in [0.5, 0.6) is 0 Å². The quantitative estimate of drug-likeness (QED) is 0.803. The fourth-order valence-electron chi connectivity index (χ4n) is 1.16. The van der Waals surface area contributed by atoms with Gasteiger partial charge in [-0.15, -0.1) is 0 Å². The van der Waals surface area contributed by atoms with Gasteiger partial charge in [0.05, 0.1) is 11.6 Å². The van der Waals surface area contributed by atoms with Crippen molar-refractivity contribution in [3.8, 4) is 11.8 Å². The lowest BCUT2D eigenvalue weighted by Crippen LogP contribution is -2.32. The fraction of sp³-hybridized carbons (Fsp3) is 0.357. The number of hydrogen-bond donors (Lipinski definition) is 1. The Morgan fingerprint density at radius 3 is 2.79 bits per heavy atom. The second-order valence-corrected chi connectivity index (χ2v) is 5.19. The minimum absolute atomic E-state index is 0.0990. The molecule has 0 spiro atoms. The van der Waals surface area contributed by atoms with E-state index in [1.165, 1.54) is 18.2 Å². The van der Waals surface area contributed by atoms with Crippen molar-refractivity contribution >= 4 is 17.7 Å². The molecule has 1 amide bonds. The zero-order valence-electron chi connectivity index (χ0n) is 11.0. The van der Waals surface area contributed by atoms with Crippen LogP contribution in [0.15, 0.2) is 18.2 Å². The third kappa shape index (κ3) is 6.12. The van der Waals surface area contributed by atoms with Gasteiger partial charge in [-0.25, -0.2) is 9.18 Å². The van der Waals surface area contributed by atoms with Crippen molar-refractivity contribution in [1.29, 1.82) is 0 Å². The monoisotopic (exact) mass is 283 g/mol. The van der Waals surface area contributed by atoms with Gasteiger partial charge in [-0.3, -0.25) is 0 Å². The SMILES string of the molecule is CC(C)(C)OC(=O)NCC#Cc1cc(F)ccc1Cl. The zero-order valence-corrected chi connectivity index (χ0v) is 11.8. The number of hydrogen-bond acceptors (Lipinski definition) is 2. The summed E-state index contributed by atoms with van der Waals surface area (Å²) in [6, 6.07) is 3.93. The number of carbonyl (C=O) groups is 1. The van der Waals surface area contributed by atoms with Crippen LogP contribution in [0.4, 0.5) is 9.18 Å². The van der Waals surface area contributed by atoms with E-state index in [0.717, 1.165) is 0 Å². The van der Waals surface area contributed by atoms with Gasteiger partial charge >= 0.3 is 6.09 Å². The molecule has 0 saturated carbocycles. The van der Waals surface area contributed by atoms with E-state index in [4.69, 9.17) is 16.3 Å². The van der Waals surface area contributed by atoms with E-state index in [-0.39, 0.29) is 6.54 Å². The lowest BCUT2D eigenvalue weighted by atomic mass is 10.2. The molecule has 5 heteroatoms. The van der Waals surface area contributed by atoms with Crippen molar-refractivity contribution in [2.45, 2.75) is 26.4 Å². The zero-order chi connectivity index (χ0) is 14.5. The molecule has 0 aromatic heterocycles. The second-order valence-electron chi connectivity index (χ2n) is 4.78. The number of alkyl carbamates (subject to hydrolysis) is 1. The topological polar surface area (TPSA) is 38.3 Å². The maximum absolute atomic E-state index is 13.0. The molecule has 1 aromatic carbocycles. The third-order valence-electron chi connectivity index (χ3n) is 1.87. The number of halogens is 2. The summed E-state index contributed by atoms with van der Waals surface area (Å²) in [5.74, 6) is 4.94. The van der Waals surface area contributed by atoms with Crippen molar-refractivity contribution in [2.24, 2.45) is 0 Å². The average molecular weight is 284 g/mol. The minimum atomic E-state index is -0.552. The average Bonchev–Trinajstić information content (AvgIpc) is 2.26. The summed E-state index contributed by atoms with van der Waals surface area (Å²) >= 11 is 5.84. The van der Waals surface area contributed by atoms with Gasteiger partial charge in [0.1, 0.15) is 11.4 Å². The molecule has 0 saturated heterocycles. The summed E-state index contributed by atoms with van der Waals surface area (Å²) in [5.41, 5.74) is -0.170. The van der Waals surface area contributed by atoms with Crippen molar-refractivity contribution in [1.82, 2.24) is 5.32 Å². The van der Waals surface area contributed by atoms with Gasteiger partial charge in [0.15, 0.2) is 0 Å². The molecular formula is C14H15ClFNO2. The van der Waals surface area contributed by atoms with E-state index in [0.29, 0.717) is 10.6 Å². The first kappa shape index (κ1) is 15.3. The summed E-state index contributed by atoms with van der Waals surface area (Å²) in [5, 5.41) is 2.84. The molecular weight excluding hydrogens is 269 g/mol. The van der Waals surface area contributed by atoms with Crippen LogP contribution in [0.1, 0.15) is 26.3 Å². The molecule has 0 bridgehead atoms. The smallest absolute Gasteiger partial charge is 0.408 e. The molecule has 0 atom stereocenters. The van der Waals surface area contributed by atoms with Gasteiger partial charge in [-0.1, -0.05) is 23.4 Å². The third-order valence-corrected chi connectivity index (χ3v) is 2.20. The molecule has 0 heterocycles. The molecule has 0 fully saturated rings. The highest BCUT2D eigenvalue weighted by Gasteiger charge is 2.14. The lowest BCUT2D eigenvalue weighted by Gasteiger charge is -2.19. The molecule has 0 radical (unpaired) electrons. The molecule has 1 N–H and O–H groups in total. The van der Waals surface area contributed by atoms with Crippen LogP contribution in [0, 0.1) is 17.7 Å². The Hall–Kier alpha value is -1.73. The van der Waals surface area contributed by atoms with Crippen LogP contribution in [0.3, 0.4) is 0 Å². The van der Waals surface area contributed by atoms with E-state index in [2.05, 4.69) is 17.2 Å². The minimum Gasteiger partial charge on any atom is -0.444 e. The van der Waals surface area contributed by atoms with Crippen LogP contribution in [-0.4, -0.2) is 18.2 Å². The number of benzene rings is 1. The number of ether oxygens (including phenoxy) is 1. The van der Waals surface area contributed by atoms with Crippen LogP contribution in [0.2, 0.25) is 5.02 Å². The van der Waals surface area contributed by atoms with E-state index >= 15 is 0 Å². The van der Waals surface area contributed by atoms with E-state index in [9.17, 15) is 9.18 Å². The summed E-state index contributed by atoms with van der Waals surface area (Å²) in [7, 11) is 0. The first-order valence-electron chi connectivity index (χ1n) is 5.69. The molecule has 0 aliphatic rings. The first-order valence-corrected chi connectivity index (χ1v) is 6.06. The molecule has 1 rings (SSSR count). The van der Waals surface area contributed by atoms with Gasteiger partial charge in [-0.2, -0.15) is 0 Å². The predicted molar refractivity (Wildman–Crippen MR) is 72.5 cm³/mol.